The van der Waals surface area contributed by atoms with E-state index in [0.29, 0.717) is 5.02 Å². The zero-order chi connectivity index (χ0) is 24.9. The van der Waals surface area contributed by atoms with Gasteiger partial charge < -0.3 is 15.0 Å². The molecular weight excluding hydrogens is 486 g/mol. The minimum absolute atomic E-state index is 0.0257. The lowest BCUT2D eigenvalue weighted by atomic mass is 9.93. The van der Waals surface area contributed by atoms with E-state index in [1.807, 2.05) is 18.2 Å². The number of ether oxygens (including phenoxy) is 1. The monoisotopic (exact) mass is 513 g/mol. The number of urea groups is 1. The second-order valence-corrected chi connectivity index (χ2v) is 11.4. The Kier molecular flexibility index (Phi) is 6.29. The van der Waals surface area contributed by atoms with Gasteiger partial charge in [-0.15, -0.1) is 11.3 Å². The summed E-state index contributed by atoms with van der Waals surface area (Å²) in [6.07, 6.45) is 2.30. The largest absolute Gasteiger partial charge is 0.369 e. The van der Waals surface area contributed by atoms with Gasteiger partial charge in [0, 0.05) is 42.0 Å². The molecule has 0 bridgehead atoms. The van der Waals surface area contributed by atoms with Gasteiger partial charge in [0.25, 0.3) is 5.91 Å². The van der Waals surface area contributed by atoms with Crippen LogP contribution in [0.25, 0.3) is 21.5 Å². The van der Waals surface area contributed by atoms with Gasteiger partial charge in [-0.1, -0.05) is 11.6 Å². The first kappa shape index (κ1) is 24.1. The molecule has 5 rings (SSSR count). The molecule has 1 aromatic carbocycles. The molecule has 2 saturated heterocycles. The first-order chi connectivity index (χ1) is 16.6. The van der Waals surface area contributed by atoms with E-state index >= 15 is 0 Å². The summed E-state index contributed by atoms with van der Waals surface area (Å²) in [5.41, 5.74) is 4.52. The molecule has 2 aliphatic rings. The van der Waals surface area contributed by atoms with Crippen LogP contribution in [0.15, 0.2) is 24.5 Å². The first-order valence-electron chi connectivity index (χ1n) is 11.6. The number of rotatable bonds is 5. The highest BCUT2D eigenvalue weighted by Gasteiger charge is 2.34. The maximum atomic E-state index is 12.4. The highest BCUT2D eigenvalue weighted by molar-refractivity contribution is 7.19. The summed E-state index contributed by atoms with van der Waals surface area (Å²) in [5.74, 6) is -0.196. The van der Waals surface area contributed by atoms with Crippen molar-refractivity contribution >= 4 is 45.1 Å². The maximum absolute atomic E-state index is 12.4. The fraction of sp³-hybridized carbons (Fsp3) is 0.440. The van der Waals surface area contributed by atoms with Crippen molar-refractivity contribution in [2.45, 2.75) is 45.4 Å². The molecule has 2 aromatic heterocycles. The van der Waals surface area contributed by atoms with Crippen LogP contribution in [0.1, 0.15) is 29.9 Å². The average Bonchev–Trinajstić information content (AvgIpc) is 3.30. The Morgan fingerprint density at radius 1 is 1.26 bits per heavy atom. The van der Waals surface area contributed by atoms with E-state index in [9.17, 15) is 9.59 Å². The van der Waals surface area contributed by atoms with Crippen LogP contribution in [0.3, 0.4) is 0 Å². The lowest BCUT2D eigenvalue weighted by Gasteiger charge is -2.37. The number of thiophene rings is 1. The number of aryl methyl sites for hydroxylation is 1. The van der Waals surface area contributed by atoms with Gasteiger partial charge in [-0.3, -0.25) is 9.69 Å². The summed E-state index contributed by atoms with van der Waals surface area (Å²) in [6, 6.07) is 5.57. The molecule has 10 heteroatoms. The molecule has 0 saturated carbocycles. The summed E-state index contributed by atoms with van der Waals surface area (Å²) in [7, 11) is 1.63. The number of aromatic nitrogens is 2. The lowest BCUT2D eigenvalue weighted by molar-refractivity contribution is -0.125. The number of hydrogen-bond donors (Lipinski definition) is 1. The van der Waals surface area contributed by atoms with Gasteiger partial charge in [-0.05, 0) is 50.1 Å². The summed E-state index contributed by atoms with van der Waals surface area (Å²) < 4.78 is 7.25. The van der Waals surface area contributed by atoms with Crippen molar-refractivity contribution in [2.75, 3.05) is 26.7 Å². The van der Waals surface area contributed by atoms with Crippen LogP contribution in [0.4, 0.5) is 4.79 Å². The number of imide groups is 1. The Balaban J connectivity index is 1.53. The molecule has 4 heterocycles. The predicted octanol–water partition coefficient (Wildman–Crippen LogP) is 4.02. The van der Waals surface area contributed by atoms with Crippen molar-refractivity contribution < 1.29 is 14.3 Å². The van der Waals surface area contributed by atoms with E-state index in [-0.39, 0.29) is 36.7 Å². The minimum atomic E-state index is -0.282. The van der Waals surface area contributed by atoms with Crippen LogP contribution < -0.4 is 5.32 Å². The average molecular weight is 514 g/mol. The van der Waals surface area contributed by atoms with E-state index in [1.54, 1.807) is 13.4 Å². The Morgan fingerprint density at radius 2 is 2.06 bits per heavy atom. The number of nitrogens with one attached hydrogen (secondary N) is 1. The van der Waals surface area contributed by atoms with Gasteiger partial charge in [0.05, 0.1) is 34.2 Å². The van der Waals surface area contributed by atoms with Gasteiger partial charge in [0.1, 0.15) is 12.9 Å². The molecule has 2 fully saturated rings. The van der Waals surface area contributed by atoms with Crippen LogP contribution in [0.5, 0.6) is 0 Å². The fourth-order valence-electron chi connectivity index (χ4n) is 4.82. The van der Waals surface area contributed by atoms with Crippen molar-refractivity contribution in [3.8, 4) is 11.3 Å². The van der Waals surface area contributed by atoms with Gasteiger partial charge in [-0.2, -0.15) is 0 Å². The zero-order valence-electron chi connectivity index (χ0n) is 20.2. The van der Waals surface area contributed by atoms with Crippen molar-refractivity contribution in [1.29, 1.82) is 0 Å². The third kappa shape index (κ3) is 4.78. The molecular formula is C25H28ClN5O3S. The van der Waals surface area contributed by atoms with Gasteiger partial charge in [-0.25, -0.2) is 14.8 Å². The smallest absolute Gasteiger partial charge is 0.327 e. The number of nitrogens with zero attached hydrogens (tertiary/aromatic N) is 4. The number of carbonyl (C=O) groups excluding carboxylic acids is 2. The van der Waals surface area contributed by atoms with Crippen LogP contribution in [-0.4, -0.2) is 70.1 Å². The number of amides is 3. The molecule has 0 aliphatic carbocycles. The first-order valence-corrected chi connectivity index (χ1v) is 12.8. The lowest BCUT2D eigenvalue weighted by Crippen LogP contribution is -2.51. The maximum Gasteiger partial charge on any atom is 0.327 e. The second kappa shape index (κ2) is 9.13. The number of fused-ring (bicyclic) bond motifs is 1. The molecule has 3 aromatic rings. The van der Waals surface area contributed by atoms with Gasteiger partial charge in [0.2, 0.25) is 0 Å². The SMILES string of the molecule is Cc1cc(Cl)cc(-c2ncnc3cc(CN4C(=O)CN(C)C4=O)sc23)c1C[C@@H]1CNCC(C)(C)O1. The summed E-state index contributed by atoms with van der Waals surface area (Å²) in [4.78, 5) is 37.3. The third-order valence-electron chi connectivity index (χ3n) is 6.44. The van der Waals surface area contributed by atoms with Gasteiger partial charge in [0.15, 0.2) is 0 Å². The topological polar surface area (TPSA) is 87.7 Å². The van der Waals surface area contributed by atoms with E-state index in [2.05, 4.69) is 36.1 Å². The van der Waals surface area contributed by atoms with Gasteiger partial charge >= 0.3 is 6.03 Å². The quantitative estimate of drug-likeness (QED) is 0.518. The molecule has 1 atom stereocenters. The zero-order valence-corrected chi connectivity index (χ0v) is 21.8. The van der Waals surface area contributed by atoms with Crippen LogP contribution in [-0.2, 0) is 22.5 Å². The van der Waals surface area contributed by atoms with E-state index in [1.165, 1.54) is 21.1 Å². The molecule has 184 valence electrons. The second-order valence-electron chi connectivity index (χ2n) is 9.85. The predicted molar refractivity (Wildman–Crippen MR) is 137 cm³/mol. The molecule has 3 amide bonds. The van der Waals surface area contributed by atoms with E-state index in [4.69, 9.17) is 16.3 Å². The fourth-order valence-corrected chi connectivity index (χ4v) is 6.19. The molecule has 1 N–H and O–H groups in total. The van der Waals surface area contributed by atoms with Crippen molar-refractivity contribution in [1.82, 2.24) is 25.1 Å². The Bertz CT molecular complexity index is 1320. The van der Waals surface area contributed by atoms with Crippen LogP contribution in [0, 0.1) is 6.92 Å². The summed E-state index contributed by atoms with van der Waals surface area (Å²) in [5, 5.41) is 4.12. The number of carbonyl (C=O) groups is 2. The van der Waals surface area contributed by atoms with Crippen LogP contribution in [0.2, 0.25) is 5.02 Å². The van der Waals surface area contributed by atoms with Crippen molar-refractivity contribution in [3.05, 3.63) is 45.6 Å². The number of halogens is 1. The molecule has 0 spiro atoms. The van der Waals surface area contributed by atoms with Crippen molar-refractivity contribution in [3.63, 3.8) is 0 Å². The molecule has 0 unspecified atom stereocenters. The van der Waals surface area contributed by atoms with Crippen molar-refractivity contribution in [2.24, 2.45) is 0 Å². The van der Waals surface area contributed by atoms with E-state index in [0.717, 1.165) is 57.0 Å². The highest BCUT2D eigenvalue weighted by Crippen LogP contribution is 2.38. The normalized spacial score (nSPS) is 20.3. The summed E-state index contributed by atoms with van der Waals surface area (Å²) >= 11 is 8.01. The molecule has 8 nitrogen and oxygen atoms in total. The number of morpholine rings is 1. The minimum Gasteiger partial charge on any atom is -0.369 e. The highest BCUT2D eigenvalue weighted by atomic mass is 35.5. The molecule has 35 heavy (non-hydrogen) atoms. The Labute approximate surface area is 213 Å². The Morgan fingerprint density at radius 3 is 2.77 bits per heavy atom. The third-order valence-corrected chi connectivity index (χ3v) is 7.77. The van der Waals surface area contributed by atoms with E-state index < -0.39 is 0 Å². The number of hydrogen-bond acceptors (Lipinski definition) is 7. The molecule has 0 radical (unpaired) electrons. The van der Waals surface area contributed by atoms with Crippen LogP contribution >= 0.6 is 22.9 Å². The number of likely N-dealkylation sites (N-methyl/N-ethyl adjacent to an activating group) is 1. The standard InChI is InChI=1S/C25H28ClN5O3S/c1-14-5-15(26)6-19(18(14)7-16-9-27-12-25(2,3)34-16)22-23-20(28-13-29-22)8-17(35-23)10-31-21(32)11-30(4)24(31)33/h5-6,8,13,16,27H,7,9-12H2,1-4H3/t16-/m1/s1. The molecule has 2 aliphatic heterocycles. The Hall–Kier alpha value is -2.59. The number of benzene rings is 1. The summed E-state index contributed by atoms with van der Waals surface area (Å²) in [6.45, 7) is 8.17.